The summed E-state index contributed by atoms with van der Waals surface area (Å²) >= 11 is 15.1. The molecule has 0 spiro atoms. The molecule has 0 aliphatic carbocycles. The molecule has 1 rings (SSSR count). The van der Waals surface area contributed by atoms with Gasteiger partial charge in [-0.2, -0.15) is 0 Å². The van der Waals surface area contributed by atoms with Crippen molar-refractivity contribution in [2.75, 3.05) is 25.1 Å². The molecule has 6 heteroatoms. The predicted octanol–water partition coefficient (Wildman–Crippen LogP) is 3.52. The maximum atomic E-state index is 11.8. The van der Waals surface area contributed by atoms with E-state index < -0.39 is 0 Å². The SMILES string of the molecule is O=C(NCCCOCCBr)c1c(Cl)cccc1Cl. The Bertz CT molecular complexity index is 381. The standard InChI is InChI=1S/C12H14BrCl2NO2/c13-5-8-18-7-2-6-16-12(17)11-9(14)3-1-4-10(11)15/h1,3-4H,2,5-8H2,(H,16,17). The van der Waals surface area contributed by atoms with Crippen LogP contribution in [0, 0.1) is 0 Å². The second kappa shape index (κ2) is 8.75. The fourth-order valence-electron chi connectivity index (χ4n) is 1.34. The highest BCUT2D eigenvalue weighted by atomic mass is 79.9. The Balaban J connectivity index is 2.37. The van der Waals surface area contributed by atoms with E-state index in [1.165, 1.54) is 0 Å². The van der Waals surface area contributed by atoms with Crippen LogP contribution in [0.2, 0.25) is 10.0 Å². The van der Waals surface area contributed by atoms with Crippen molar-refractivity contribution >= 4 is 45.0 Å². The number of carbonyl (C=O) groups is 1. The Labute approximate surface area is 125 Å². The molecule has 0 atom stereocenters. The average Bonchev–Trinajstić information content (AvgIpc) is 2.33. The summed E-state index contributed by atoms with van der Waals surface area (Å²) in [7, 11) is 0. The maximum Gasteiger partial charge on any atom is 0.254 e. The minimum Gasteiger partial charge on any atom is -0.381 e. The first-order valence-corrected chi connectivity index (χ1v) is 7.40. The third-order valence-electron chi connectivity index (χ3n) is 2.16. The maximum absolute atomic E-state index is 11.8. The van der Waals surface area contributed by atoms with Crippen LogP contribution in [-0.2, 0) is 4.74 Å². The summed E-state index contributed by atoms with van der Waals surface area (Å²) in [5.41, 5.74) is 0.321. The van der Waals surface area contributed by atoms with E-state index in [1.54, 1.807) is 18.2 Å². The number of benzene rings is 1. The van der Waals surface area contributed by atoms with Crippen LogP contribution in [-0.4, -0.2) is 31.0 Å². The van der Waals surface area contributed by atoms with E-state index in [0.29, 0.717) is 35.4 Å². The summed E-state index contributed by atoms with van der Waals surface area (Å²) < 4.78 is 5.27. The molecule has 0 fully saturated rings. The molecule has 1 aromatic rings. The molecule has 0 saturated heterocycles. The van der Waals surface area contributed by atoms with Crippen LogP contribution in [0.25, 0.3) is 0 Å². The monoisotopic (exact) mass is 353 g/mol. The molecule has 0 heterocycles. The number of hydrogen-bond acceptors (Lipinski definition) is 2. The lowest BCUT2D eigenvalue weighted by atomic mass is 10.2. The van der Waals surface area contributed by atoms with Crippen molar-refractivity contribution < 1.29 is 9.53 Å². The number of halogens is 3. The molecule has 100 valence electrons. The van der Waals surface area contributed by atoms with Crippen molar-refractivity contribution in [3.8, 4) is 0 Å². The molecule has 0 aliphatic rings. The summed E-state index contributed by atoms with van der Waals surface area (Å²) in [6.45, 7) is 1.81. The van der Waals surface area contributed by atoms with Gasteiger partial charge in [0.05, 0.1) is 22.2 Å². The van der Waals surface area contributed by atoms with E-state index in [2.05, 4.69) is 21.2 Å². The second-order valence-corrected chi connectivity index (χ2v) is 5.11. The highest BCUT2D eigenvalue weighted by Gasteiger charge is 2.13. The van der Waals surface area contributed by atoms with E-state index in [0.717, 1.165) is 11.8 Å². The Morgan fingerprint density at radius 2 is 1.94 bits per heavy atom. The zero-order valence-corrected chi connectivity index (χ0v) is 12.8. The van der Waals surface area contributed by atoms with E-state index in [9.17, 15) is 4.79 Å². The van der Waals surface area contributed by atoms with Gasteiger partial charge in [0, 0.05) is 18.5 Å². The third-order valence-corrected chi connectivity index (χ3v) is 3.12. The van der Waals surface area contributed by atoms with Gasteiger partial charge in [0.1, 0.15) is 0 Å². The first kappa shape index (κ1) is 15.8. The molecule has 0 saturated carbocycles. The zero-order chi connectivity index (χ0) is 13.4. The molecule has 1 amide bonds. The van der Waals surface area contributed by atoms with Gasteiger partial charge in [0.25, 0.3) is 5.91 Å². The minimum atomic E-state index is -0.258. The molecular formula is C12H14BrCl2NO2. The van der Waals surface area contributed by atoms with Crippen molar-refractivity contribution in [2.45, 2.75) is 6.42 Å². The number of amides is 1. The first-order valence-electron chi connectivity index (χ1n) is 5.52. The van der Waals surface area contributed by atoms with Crippen LogP contribution in [0.3, 0.4) is 0 Å². The van der Waals surface area contributed by atoms with Crippen molar-refractivity contribution in [3.05, 3.63) is 33.8 Å². The topological polar surface area (TPSA) is 38.3 Å². The van der Waals surface area contributed by atoms with Crippen molar-refractivity contribution in [2.24, 2.45) is 0 Å². The fraction of sp³-hybridized carbons (Fsp3) is 0.417. The quantitative estimate of drug-likeness (QED) is 0.601. The van der Waals surface area contributed by atoms with Gasteiger partial charge in [-0.1, -0.05) is 45.2 Å². The van der Waals surface area contributed by atoms with Gasteiger partial charge in [-0.05, 0) is 18.6 Å². The number of ether oxygens (including phenoxy) is 1. The van der Waals surface area contributed by atoms with Gasteiger partial charge in [-0.3, -0.25) is 4.79 Å². The van der Waals surface area contributed by atoms with Gasteiger partial charge in [0.2, 0.25) is 0 Å². The molecule has 1 N–H and O–H groups in total. The van der Waals surface area contributed by atoms with Gasteiger partial charge >= 0.3 is 0 Å². The van der Waals surface area contributed by atoms with Gasteiger partial charge in [-0.25, -0.2) is 0 Å². The molecule has 0 aliphatic heterocycles. The van der Waals surface area contributed by atoms with E-state index in [-0.39, 0.29) is 5.91 Å². The number of carbonyl (C=O) groups excluding carboxylic acids is 1. The first-order chi connectivity index (χ1) is 8.66. The van der Waals surface area contributed by atoms with Crippen molar-refractivity contribution in [1.29, 1.82) is 0 Å². The van der Waals surface area contributed by atoms with Crippen LogP contribution >= 0.6 is 39.1 Å². The molecule has 1 aromatic carbocycles. The smallest absolute Gasteiger partial charge is 0.254 e. The van der Waals surface area contributed by atoms with Crippen molar-refractivity contribution in [1.82, 2.24) is 5.32 Å². The van der Waals surface area contributed by atoms with E-state index >= 15 is 0 Å². The highest BCUT2D eigenvalue weighted by molar-refractivity contribution is 9.09. The van der Waals surface area contributed by atoms with Crippen LogP contribution < -0.4 is 5.32 Å². The zero-order valence-electron chi connectivity index (χ0n) is 9.72. The molecule has 0 aromatic heterocycles. The van der Waals surface area contributed by atoms with Crippen LogP contribution in [0.5, 0.6) is 0 Å². The molecule has 0 unspecified atom stereocenters. The number of rotatable bonds is 7. The molecule has 18 heavy (non-hydrogen) atoms. The molecular weight excluding hydrogens is 341 g/mol. The lowest BCUT2D eigenvalue weighted by molar-refractivity contribution is 0.0945. The Morgan fingerprint density at radius 3 is 2.56 bits per heavy atom. The normalized spacial score (nSPS) is 10.4. The lowest BCUT2D eigenvalue weighted by Gasteiger charge is -2.08. The molecule has 0 radical (unpaired) electrons. The Kier molecular flexibility index (Phi) is 7.66. The number of alkyl halides is 1. The summed E-state index contributed by atoms with van der Waals surface area (Å²) in [5, 5.41) is 4.29. The van der Waals surface area contributed by atoms with E-state index in [4.69, 9.17) is 27.9 Å². The largest absolute Gasteiger partial charge is 0.381 e. The summed E-state index contributed by atoms with van der Waals surface area (Å²) in [4.78, 5) is 11.8. The lowest BCUT2D eigenvalue weighted by Crippen LogP contribution is -2.26. The highest BCUT2D eigenvalue weighted by Crippen LogP contribution is 2.23. The van der Waals surface area contributed by atoms with Crippen molar-refractivity contribution in [3.63, 3.8) is 0 Å². The predicted molar refractivity (Wildman–Crippen MR) is 78.0 cm³/mol. The van der Waals surface area contributed by atoms with Gasteiger partial charge in [0.15, 0.2) is 0 Å². The third kappa shape index (κ3) is 5.14. The number of nitrogens with one attached hydrogen (secondary N) is 1. The number of hydrogen-bond donors (Lipinski definition) is 1. The molecule has 0 bridgehead atoms. The second-order valence-electron chi connectivity index (χ2n) is 3.51. The Morgan fingerprint density at radius 1 is 1.28 bits per heavy atom. The Hall–Kier alpha value is -0.290. The fourth-order valence-corrected chi connectivity index (χ4v) is 2.13. The average molecular weight is 355 g/mol. The minimum absolute atomic E-state index is 0.258. The van der Waals surface area contributed by atoms with Crippen LogP contribution in [0.1, 0.15) is 16.8 Å². The summed E-state index contributed by atoms with van der Waals surface area (Å²) in [6, 6.07) is 4.98. The van der Waals surface area contributed by atoms with Crippen LogP contribution in [0.4, 0.5) is 0 Å². The van der Waals surface area contributed by atoms with Gasteiger partial charge < -0.3 is 10.1 Å². The summed E-state index contributed by atoms with van der Waals surface area (Å²) in [6.07, 6.45) is 0.751. The van der Waals surface area contributed by atoms with Crippen LogP contribution in [0.15, 0.2) is 18.2 Å². The van der Waals surface area contributed by atoms with E-state index in [1.807, 2.05) is 0 Å². The van der Waals surface area contributed by atoms with Gasteiger partial charge in [-0.15, -0.1) is 0 Å². The molecule has 3 nitrogen and oxygen atoms in total. The summed E-state index contributed by atoms with van der Waals surface area (Å²) in [5.74, 6) is -0.258.